The normalized spacial score (nSPS) is 12.7. The van der Waals surface area contributed by atoms with E-state index in [1.165, 1.54) is 14.0 Å². The topological polar surface area (TPSA) is 135 Å². The fourth-order valence-electron chi connectivity index (χ4n) is 1.23. The highest BCUT2D eigenvalue weighted by Crippen LogP contribution is 2.00. The number of amides is 1. The molecule has 0 aliphatic carbocycles. The first-order valence-electron chi connectivity index (χ1n) is 6.22. The Balaban J connectivity index is 3.55. The molecule has 0 fully saturated rings. The second kappa shape index (κ2) is 11.0. The van der Waals surface area contributed by atoms with Crippen LogP contribution in [0, 0.1) is 0 Å². The molecule has 0 aliphatic heterocycles. The van der Waals surface area contributed by atoms with Gasteiger partial charge in [-0.3, -0.25) is 5.32 Å². The van der Waals surface area contributed by atoms with Crippen molar-refractivity contribution in [1.29, 1.82) is 0 Å². The van der Waals surface area contributed by atoms with Crippen LogP contribution in [0.3, 0.4) is 0 Å². The highest BCUT2D eigenvalue weighted by Gasteiger charge is 2.15. The van der Waals surface area contributed by atoms with Gasteiger partial charge in [0.25, 0.3) is 0 Å². The third-order valence-electron chi connectivity index (χ3n) is 2.32. The molecule has 0 saturated carbocycles. The van der Waals surface area contributed by atoms with E-state index < -0.39 is 18.1 Å². The summed E-state index contributed by atoms with van der Waals surface area (Å²) < 4.78 is 9.37. The van der Waals surface area contributed by atoms with Crippen LogP contribution in [0.1, 0.15) is 26.2 Å². The molecular formula is C11H22N4O5. The Hall–Kier alpha value is -1.87. The number of carbonyl (C=O) groups excluding carboxylic acids is 2. The fraction of sp³-hybridized carbons (Fsp3) is 0.727. The molecule has 0 unspecified atom stereocenters. The van der Waals surface area contributed by atoms with E-state index in [0.717, 1.165) is 6.42 Å². The van der Waals surface area contributed by atoms with Gasteiger partial charge >= 0.3 is 12.1 Å². The molecule has 5 N–H and O–H groups in total. The van der Waals surface area contributed by atoms with Crippen molar-refractivity contribution < 1.29 is 24.3 Å². The van der Waals surface area contributed by atoms with Crippen molar-refractivity contribution in [2.45, 2.75) is 32.2 Å². The van der Waals surface area contributed by atoms with Gasteiger partial charge in [0.2, 0.25) is 5.90 Å². The largest absolute Gasteiger partial charge is 0.434 e. The summed E-state index contributed by atoms with van der Waals surface area (Å²) in [6, 6.07) is -0.756. The summed E-state index contributed by atoms with van der Waals surface area (Å²) in [4.78, 5) is 22.1. The van der Waals surface area contributed by atoms with Crippen LogP contribution in [-0.4, -0.2) is 49.5 Å². The lowest BCUT2D eigenvalue weighted by Gasteiger charge is -2.10. The van der Waals surface area contributed by atoms with Crippen LogP contribution >= 0.6 is 0 Å². The molecule has 9 nitrogen and oxygen atoms in total. The quantitative estimate of drug-likeness (QED) is 0.0919. The summed E-state index contributed by atoms with van der Waals surface area (Å²) in [5.74, 6) is -0.769. The zero-order valence-electron chi connectivity index (χ0n) is 11.7. The maximum atomic E-state index is 11.4. The Bertz CT molecular complexity index is 335. The van der Waals surface area contributed by atoms with Crippen molar-refractivity contribution in [1.82, 2.24) is 10.6 Å². The summed E-state index contributed by atoms with van der Waals surface area (Å²) in [6.07, 6.45) is 1.43. The predicted molar refractivity (Wildman–Crippen MR) is 71.2 cm³/mol. The minimum Gasteiger partial charge on any atom is -0.434 e. The SMILES string of the molecule is CNC(=O)OCNCCCC[C@H](N)C(=O)OC(C)=NO. The number of oxime groups is 1. The maximum Gasteiger partial charge on any atom is 0.408 e. The van der Waals surface area contributed by atoms with Crippen molar-refractivity contribution in [2.75, 3.05) is 20.3 Å². The molecular weight excluding hydrogens is 268 g/mol. The molecule has 0 aromatic carbocycles. The minimum absolute atomic E-state index is 0.125. The molecule has 9 heteroatoms. The Morgan fingerprint density at radius 1 is 1.40 bits per heavy atom. The summed E-state index contributed by atoms with van der Waals surface area (Å²) in [5.41, 5.74) is 5.61. The number of nitrogens with zero attached hydrogens (tertiary/aromatic N) is 1. The number of alkyl carbamates (subject to hydrolysis) is 1. The third-order valence-corrected chi connectivity index (χ3v) is 2.32. The molecule has 0 saturated heterocycles. The van der Waals surface area contributed by atoms with Gasteiger partial charge in [0.15, 0.2) is 0 Å². The van der Waals surface area contributed by atoms with Gasteiger partial charge in [0.05, 0.1) is 0 Å². The number of ether oxygens (including phenoxy) is 2. The standard InChI is InChI=1S/C11H22N4O5/c1-8(15-18)20-10(16)9(12)5-3-4-6-14-7-19-11(17)13-2/h9,14,18H,3-7,12H2,1-2H3,(H,13,17)/t9-/m0/s1. The highest BCUT2D eigenvalue weighted by atomic mass is 16.6. The molecule has 0 aromatic heterocycles. The van der Waals surface area contributed by atoms with E-state index in [-0.39, 0.29) is 12.6 Å². The molecule has 116 valence electrons. The average Bonchev–Trinajstić information content (AvgIpc) is 2.45. The van der Waals surface area contributed by atoms with Crippen LogP contribution in [0.25, 0.3) is 0 Å². The number of hydrogen-bond acceptors (Lipinski definition) is 8. The van der Waals surface area contributed by atoms with Gasteiger partial charge in [-0.15, -0.1) is 0 Å². The molecule has 0 heterocycles. The van der Waals surface area contributed by atoms with Gasteiger partial charge in [-0.2, -0.15) is 0 Å². The van der Waals surface area contributed by atoms with E-state index in [4.69, 9.17) is 15.7 Å². The Morgan fingerprint density at radius 3 is 2.70 bits per heavy atom. The first-order chi connectivity index (χ1) is 9.51. The van der Waals surface area contributed by atoms with E-state index in [1.807, 2.05) is 0 Å². The molecule has 0 bridgehead atoms. The van der Waals surface area contributed by atoms with E-state index in [9.17, 15) is 9.59 Å². The van der Waals surface area contributed by atoms with Crippen LogP contribution in [0.2, 0.25) is 0 Å². The lowest BCUT2D eigenvalue weighted by Crippen LogP contribution is -2.33. The Labute approximate surface area is 117 Å². The number of nitrogens with one attached hydrogen (secondary N) is 2. The summed E-state index contributed by atoms with van der Waals surface area (Å²) >= 11 is 0. The van der Waals surface area contributed by atoms with Crippen molar-refractivity contribution in [3.05, 3.63) is 0 Å². The second-order valence-electron chi connectivity index (χ2n) is 3.97. The van der Waals surface area contributed by atoms with E-state index in [0.29, 0.717) is 19.4 Å². The van der Waals surface area contributed by atoms with E-state index >= 15 is 0 Å². The van der Waals surface area contributed by atoms with Gasteiger partial charge in [0.1, 0.15) is 12.8 Å². The highest BCUT2D eigenvalue weighted by molar-refractivity contribution is 5.89. The first kappa shape index (κ1) is 18.1. The molecule has 1 atom stereocenters. The van der Waals surface area contributed by atoms with Crippen LogP contribution in [0.5, 0.6) is 0 Å². The fourth-order valence-corrected chi connectivity index (χ4v) is 1.23. The van der Waals surface area contributed by atoms with Gasteiger partial charge < -0.3 is 25.7 Å². The summed E-state index contributed by atoms with van der Waals surface area (Å²) in [7, 11) is 1.48. The van der Waals surface area contributed by atoms with Crippen LogP contribution in [0.4, 0.5) is 4.79 Å². The van der Waals surface area contributed by atoms with E-state index in [1.54, 1.807) is 0 Å². The zero-order valence-corrected chi connectivity index (χ0v) is 11.7. The zero-order chi connectivity index (χ0) is 15.4. The molecule has 0 rings (SSSR count). The van der Waals surface area contributed by atoms with Crippen molar-refractivity contribution in [3.63, 3.8) is 0 Å². The lowest BCUT2D eigenvalue weighted by molar-refractivity contribution is -0.137. The molecule has 0 aliphatic rings. The van der Waals surface area contributed by atoms with Crippen molar-refractivity contribution in [3.8, 4) is 0 Å². The number of rotatable bonds is 8. The molecule has 1 amide bonds. The van der Waals surface area contributed by atoms with Crippen molar-refractivity contribution in [2.24, 2.45) is 10.9 Å². The maximum absolute atomic E-state index is 11.4. The number of nitrogens with two attached hydrogens (primary N) is 1. The third kappa shape index (κ3) is 9.11. The van der Waals surface area contributed by atoms with Crippen LogP contribution < -0.4 is 16.4 Å². The second-order valence-corrected chi connectivity index (χ2v) is 3.97. The minimum atomic E-state index is -0.756. The number of carbonyl (C=O) groups is 2. The molecule has 0 aromatic rings. The summed E-state index contributed by atoms with van der Waals surface area (Å²) in [5, 5.41) is 16.3. The molecule has 20 heavy (non-hydrogen) atoms. The monoisotopic (exact) mass is 290 g/mol. The Morgan fingerprint density at radius 2 is 2.10 bits per heavy atom. The number of hydrogen-bond donors (Lipinski definition) is 4. The van der Waals surface area contributed by atoms with Gasteiger partial charge in [0, 0.05) is 14.0 Å². The van der Waals surface area contributed by atoms with Gasteiger partial charge in [-0.1, -0.05) is 11.6 Å². The van der Waals surface area contributed by atoms with Crippen LogP contribution in [0.15, 0.2) is 5.16 Å². The summed E-state index contributed by atoms with van der Waals surface area (Å²) in [6.45, 7) is 2.11. The van der Waals surface area contributed by atoms with Crippen molar-refractivity contribution >= 4 is 18.0 Å². The van der Waals surface area contributed by atoms with E-state index in [2.05, 4.69) is 20.5 Å². The van der Waals surface area contributed by atoms with Crippen LogP contribution in [-0.2, 0) is 14.3 Å². The Kier molecular flexibility index (Phi) is 9.97. The molecule has 0 spiro atoms. The van der Waals surface area contributed by atoms with Gasteiger partial charge in [-0.25, -0.2) is 9.59 Å². The number of unbranched alkanes of at least 4 members (excludes halogenated alkanes) is 1. The lowest BCUT2D eigenvalue weighted by atomic mass is 10.1. The molecule has 0 radical (unpaired) electrons. The smallest absolute Gasteiger partial charge is 0.408 e. The average molecular weight is 290 g/mol. The predicted octanol–water partition coefficient (Wildman–Crippen LogP) is -0.262. The van der Waals surface area contributed by atoms with Gasteiger partial charge in [-0.05, 0) is 19.4 Å². The first-order valence-corrected chi connectivity index (χ1v) is 6.22. The number of esters is 1.